The van der Waals surface area contributed by atoms with E-state index in [1.165, 1.54) is 30.0 Å². The molecule has 0 radical (unpaired) electrons. The molecule has 1 amide bonds. The largest absolute Gasteiger partial charge is 0.452 e. The Hall–Kier alpha value is -2.87. The zero-order chi connectivity index (χ0) is 18.2. The number of nitrogens with one attached hydrogen (secondary N) is 1. The second kappa shape index (κ2) is 8.84. The fourth-order valence-corrected chi connectivity index (χ4v) is 2.84. The molecular weight excluding hydrogens is 344 g/mol. The third kappa shape index (κ3) is 5.05. The van der Waals surface area contributed by atoms with Crippen LogP contribution in [0, 0.1) is 10.1 Å². The second-order valence-corrected chi connectivity index (χ2v) is 6.13. The second-order valence-electron chi connectivity index (χ2n) is 4.83. The number of carbonyl (C=O) groups is 2. The van der Waals surface area contributed by atoms with Crippen LogP contribution in [0.15, 0.2) is 53.4 Å². The van der Waals surface area contributed by atoms with E-state index in [4.69, 9.17) is 4.74 Å². The molecule has 2 rings (SSSR count). The first kappa shape index (κ1) is 18.5. The minimum atomic E-state index is -0.650. The standard InChI is InChI=1S/C17H16N2O5S/c1-2-25-15-10-6-3-7-12(15)17(21)24-11-16(20)18-13-8-4-5-9-14(13)19(22)23/h3-10H,2,11H2,1H3,(H,18,20). The normalized spacial score (nSPS) is 10.1. The van der Waals surface area contributed by atoms with E-state index < -0.39 is 23.4 Å². The number of hydrogen-bond donors (Lipinski definition) is 1. The van der Waals surface area contributed by atoms with Crippen LogP contribution >= 0.6 is 11.8 Å². The average molecular weight is 360 g/mol. The number of thioether (sulfide) groups is 1. The van der Waals surface area contributed by atoms with Crippen molar-refractivity contribution in [3.8, 4) is 0 Å². The van der Waals surface area contributed by atoms with Crippen LogP contribution in [-0.2, 0) is 9.53 Å². The Bertz CT molecular complexity index is 794. The minimum absolute atomic E-state index is 0.0514. The number of amides is 1. The number of rotatable bonds is 7. The van der Waals surface area contributed by atoms with Crippen molar-refractivity contribution in [3.05, 3.63) is 64.2 Å². The molecule has 0 heterocycles. The monoisotopic (exact) mass is 360 g/mol. The lowest BCUT2D eigenvalue weighted by Gasteiger charge is -2.09. The summed E-state index contributed by atoms with van der Waals surface area (Å²) in [6.07, 6.45) is 0. The molecule has 7 nitrogen and oxygen atoms in total. The number of anilines is 1. The van der Waals surface area contributed by atoms with Gasteiger partial charge in [-0.1, -0.05) is 31.2 Å². The van der Waals surface area contributed by atoms with Crippen LogP contribution in [-0.4, -0.2) is 29.2 Å². The van der Waals surface area contributed by atoms with E-state index in [0.29, 0.717) is 5.56 Å². The molecule has 0 aromatic heterocycles. The van der Waals surface area contributed by atoms with Gasteiger partial charge in [0.1, 0.15) is 5.69 Å². The highest BCUT2D eigenvalue weighted by Gasteiger charge is 2.17. The lowest BCUT2D eigenvalue weighted by atomic mass is 10.2. The van der Waals surface area contributed by atoms with Gasteiger partial charge < -0.3 is 10.1 Å². The van der Waals surface area contributed by atoms with Gasteiger partial charge in [0.2, 0.25) is 0 Å². The van der Waals surface area contributed by atoms with Crippen molar-refractivity contribution in [2.24, 2.45) is 0 Å². The Kier molecular flexibility index (Phi) is 6.53. The van der Waals surface area contributed by atoms with Gasteiger partial charge in [0.05, 0.1) is 10.5 Å². The molecule has 0 unspecified atom stereocenters. The fraction of sp³-hybridized carbons (Fsp3) is 0.176. The quantitative estimate of drug-likeness (QED) is 0.351. The number of carbonyl (C=O) groups excluding carboxylic acids is 2. The highest BCUT2D eigenvalue weighted by atomic mass is 32.2. The van der Waals surface area contributed by atoms with Crippen LogP contribution in [0.2, 0.25) is 0 Å². The van der Waals surface area contributed by atoms with Gasteiger partial charge in [0, 0.05) is 11.0 Å². The number of esters is 1. The number of nitro groups is 1. The molecule has 0 fully saturated rings. The van der Waals surface area contributed by atoms with E-state index in [0.717, 1.165) is 10.6 Å². The minimum Gasteiger partial charge on any atom is -0.452 e. The lowest BCUT2D eigenvalue weighted by Crippen LogP contribution is -2.21. The molecule has 0 aliphatic heterocycles. The van der Waals surface area contributed by atoms with Gasteiger partial charge in [-0.25, -0.2) is 4.79 Å². The molecule has 1 N–H and O–H groups in total. The van der Waals surface area contributed by atoms with Crippen molar-refractivity contribution in [2.75, 3.05) is 17.7 Å². The van der Waals surface area contributed by atoms with Crippen LogP contribution < -0.4 is 5.32 Å². The summed E-state index contributed by atoms with van der Waals surface area (Å²) in [5, 5.41) is 13.3. The molecule has 130 valence electrons. The van der Waals surface area contributed by atoms with E-state index in [-0.39, 0.29) is 11.4 Å². The summed E-state index contributed by atoms with van der Waals surface area (Å²) in [7, 11) is 0. The molecule has 0 aliphatic carbocycles. The molecular formula is C17H16N2O5S. The summed E-state index contributed by atoms with van der Waals surface area (Å²) in [6, 6.07) is 12.7. The van der Waals surface area contributed by atoms with Crippen LogP contribution in [0.25, 0.3) is 0 Å². The number of benzene rings is 2. The van der Waals surface area contributed by atoms with Crippen LogP contribution in [0.5, 0.6) is 0 Å². The molecule has 2 aromatic carbocycles. The molecule has 0 bridgehead atoms. The lowest BCUT2D eigenvalue weighted by molar-refractivity contribution is -0.383. The molecule has 0 saturated carbocycles. The fourth-order valence-electron chi connectivity index (χ4n) is 2.05. The molecule has 0 saturated heterocycles. The van der Waals surface area contributed by atoms with Gasteiger partial charge in [-0.2, -0.15) is 0 Å². The molecule has 0 spiro atoms. The van der Waals surface area contributed by atoms with Crippen LogP contribution in [0.4, 0.5) is 11.4 Å². The van der Waals surface area contributed by atoms with Crippen LogP contribution in [0.3, 0.4) is 0 Å². The van der Waals surface area contributed by atoms with E-state index in [1.807, 2.05) is 13.0 Å². The Morgan fingerprint density at radius 2 is 1.84 bits per heavy atom. The Morgan fingerprint density at radius 3 is 2.56 bits per heavy atom. The zero-order valence-corrected chi connectivity index (χ0v) is 14.2. The first-order chi connectivity index (χ1) is 12.0. The number of hydrogen-bond acceptors (Lipinski definition) is 6. The number of ether oxygens (including phenoxy) is 1. The topological polar surface area (TPSA) is 98.5 Å². The first-order valence-corrected chi connectivity index (χ1v) is 8.43. The zero-order valence-electron chi connectivity index (χ0n) is 13.4. The number of nitrogens with zero attached hydrogens (tertiary/aromatic N) is 1. The molecule has 0 atom stereocenters. The van der Waals surface area contributed by atoms with Gasteiger partial charge in [-0.3, -0.25) is 14.9 Å². The Balaban J connectivity index is 1.99. The van der Waals surface area contributed by atoms with Gasteiger partial charge in [-0.05, 0) is 24.0 Å². The predicted molar refractivity (Wildman–Crippen MR) is 94.8 cm³/mol. The van der Waals surface area contributed by atoms with Gasteiger partial charge in [-0.15, -0.1) is 11.8 Å². The SMILES string of the molecule is CCSc1ccccc1C(=O)OCC(=O)Nc1ccccc1[N+](=O)[O-]. The summed E-state index contributed by atoms with van der Waals surface area (Å²) in [5.41, 5.74) is 0.204. The smallest absolute Gasteiger partial charge is 0.339 e. The van der Waals surface area contributed by atoms with Crippen molar-refractivity contribution in [3.63, 3.8) is 0 Å². The molecule has 8 heteroatoms. The third-order valence-electron chi connectivity index (χ3n) is 3.12. The highest BCUT2D eigenvalue weighted by molar-refractivity contribution is 7.99. The average Bonchev–Trinajstić information content (AvgIpc) is 2.61. The van der Waals surface area contributed by atoms with Gasteiger partial charge in [0.15, 0.2) is 6.61 Å². The first-order valence-electron chi connectivity index (χ1n) is 7.45. The van der Waals surface area contributed by atoms with Crippen molar-refractivity contribution in [2.45, 2.75) is 11.8 Å². The molecule has 25 heavy (non-hydrogen) atoms. The third-order valence-corrected chi connectivity index (χ3v) is 4.07. The van der Waals surface area contributed by atoms with Gasteiger partial charge >= 0.3 is 5.97 Å². The summed E-state index contributed by atoms with van der Waals surface area (Å²) >= 11 is 1.50. The summed E-state index contributed by atoms with van der Waals surface area (Å²) in [6.45, 7) is 1.43. The van der Waals surface area contributed by atoms with E-state index in [1.54, 1.807) is 24.3 Å². The maximum atomic E-state index is 12.1. The van der Waals surface area contributed by atoms with Crippen LogP contribution in [0.1, 0.15) is 17.3 Å². The van der Waals surface area contributed by atoms with Crippen molar-refractivity contribution in [1.29, 1.82) is 0 Å². The Labute approximate surface area is 148 Å². The molecule has 2 aromatic rings. The van der Waals surface area contributed by atoms with Crippen molar-refractivity contribution in [1.82, 2.24) is 0 Å². The summed E-state index contributed by atoms with van der Waals surface area (Å²) < 4.78 is 5.02. The maximum absolute atomic E-state index is 12.1. The van der Waals surface area contributed by atoms with E-state index in [9.17, 15) is 19.7 Å². The highest BCUT2D eigenvalue weighted by Crippen LogP contribution is 2.24. The number of nitro benzene ring substituents is 1. The number of para-hydroxylation sites is 2. The summed E-state index contributed by atoms with van der Waals surface area (Å²) in [5.74, 6) is -0.472. The van der Waals surface area contributed by atoms with Crippen molar-refractivity contribution < 1.29 is 19.2 Å². The maximum Gasteiger partial charge on any atom is 0.339 e. The van der Waals surface area contributed by atoms with Crippen molar-refractivity contribution >= 4 is 35.0 Å². The van der Waals surface area contributed by atoms with Gasteiger partial charge in [0.25, 0.3) is 11.6 Å². The predicted octanol–water partition coefficient (Wildman–Crippen LogP) is 3.50. The van der Waals surface area contributed by atoms with E-state index in [2.05, 4.69) is 5.32 Å². The molecule has 0 aliphatic rings. The Morgan fingerprint density at radius 1 is 1.16 bits per heavy atom. The summed E-state index contributed by atoms with van der Waals surface area (Å²) in [4.78, 5) is 35.2. The van der Waals surface area contributed by atoms with E-state index >= 15 is 0 Å².